The van der Waals surface area contributed by atoms with Crippen LogP contribution in [0.4, 0.5) is 0 Å². The van der Waals surface area contributed by atoms with Crippen molar-refractivity contribution in [1.29, 1.82) is 5.26 Å². The molecule has 0 atom stereocenters. The quantitative estimate of drug-likeness (QED) is 0.715. The molecule has 25 heavy (non-hydrogen) atoms. The number of rotatable bonds is 4. The lowest BCUT2D eigenvalue weighted by molar-refractivity contribution is 0.403. The molecule has 0 N–H and O–H groups in total. The minimum absolute atomic E-state index is 0.419. The summed E-state index contributed by atoms with van der Waals surface area (Å²) in [4.78, 5) is 4.38. The topological polar surface area (TPSA) is 63.7 Å². The molecule has 0 aliphatic heterocycles. The Hall–Kier alpha value is -2.87. The smallest absolute Gasteiger partial charge is 0.224 e. The Labute approximate surface area is 146 Å². The molecule has 2 aromatic heterocycles. The number of nitrogens with zero attached hydrogens (tertiary/aromatic N) is 4. The Morgan fingerprint density at radius 3 is 2.64 bits per heavy atom. The molecular weight excluding hydrogens is 312 g/mol. The van der Waals surface area contributed by atoms with Crippen LogP contribution in [0.15, 0.2) is 36.5 Å². The van der Waals surface area contributed by atoms with Crippen molar-refractivity contribution in [2.75, 3.05) is 7.11 Å². The van der Waals surface area contributed by atoms with E-state index >= 15 is 0 Å². The maximum atomic E-state index is 8.85. The van der Waals surface area contributed by atoms with Crippen molar-refractivity contribution < 1.29 is 4.74 Å². The van der Waals surface area contributed by atoms with Crippen LogP contribution in [0.3, 0.4) is 0 Å². The molecular formula is C20H20N4O. The third kappa shape index (κ3) is 2.74. The first kappa shape index (κ1) is 15.6. The van der Waals surface area contributed by atoms with Crippen LogP contribution in [0.5, 0.6) is 5.88 Å². The van der Waals surface area contributed by atoms with Crippen molar-refractivity contribution in [2.24, 2.45) is 0 Å². The van der Waals surface area contributed by atoms with Gasteiger partial charge in [-0.25, -0.2) is 4.98 Å². The van der Waals surface area contributed by atoms with Gasteiger partial charge in [-0.15, -0.1) is 0 Å². The number of hydrogen-bond donors (Lipinski definition) is 0. The summed E-state index contributed by atoms with van der Waals surface area (Å²) in [5.74, 6) is 0.609. The number of ether oxygens (including phenoxy) is 1. The van der Waals surface area contributed by atoms with Gasteiger partial charge in [0.15, 0.2) is 0 Å². The van der Waals surface area contributed by atoms with Gasteiger partial charge in [0.1, 0.15) is 5.69 Å². The highest BCUT2D eigenvalue weighted by Crippen LogP contribution is 2.38. The van der Waals surface area contributed by atoms with Gasteiger partial charge in [-0.2, -0.15) is 10.4 Å². The van der Waals surface area contributed by atoms with Crippen molar-refractivity contribution in [3.05, 3.63) is 42.1 Å². The first-order chi connectivity index (χ1) is 12.3. The van der Waals surface area contributed by atoms with Gasteiger partial charge in [-0.3, -0.25) is 4.68 Å². The average Bonchev–Trinajstić information content (AvgIpc) is 3.30. The number of pyridine rings is 1. The monoisotopic (exact) mass is 332 g/mol. The lowest BCUT2D eigenvalue weighted by Gasteiger charge is -2.11. The summed E-state index contributed by atoms with van der Waals surface area (Å²) in [7, 11) is 1.65. The molecule has 1 aromatic carbocycles. The molecule has 5 nitrogen and oxygen atoms in total. The van der Waals surface area contributed by atoms with Gasteiger partial charge in [0, 0.05) is 11.8 Å². The zero-order valence-corrected chi connectivity index (χ0v) is 14.3. The Morgan fingerprint density at radius 1 is 1.20 bits per heavy atom. The summed E-state index contributed by atoms with van der Waals surface area (Å²) in [6.45, 7) is 0. The van der Waals surface area contributed by atoms with E-state index in [0.717, 1.165) is 27.7 Å². The van der Waals surface area contributed by atoms with E-state index in [-0.39, 0.29) is 0 Å². The van der Waals surface area contributed by atoms with Gasteiger partial charge < -0.3 is 4.74 Å². The van der Waals surface area contributed by atoms with E-state index in [1.54, 1.807) is 13.3 Å². The average molecular weight is 332 g/mol. The van der Waals surface area contributed by atoms with Gasteiger partial charge in [0.2, 0.25) is 5.88 Å². The first-order valence-electron chi connectivity index (χ1n) is 8.69. The van der Waals surface area contributed by atoms with Crippen LogP contribution in [0, 0.1) is 11.3 Å². The minimum Gasteiger partial charge on any atom is -0.480 e. The van der Waals surface area contributed by atoms with E-state index in [2.05, 4.69) is 15.7 Å². The molecule has 0 unspecified atom stereocenters. The van der Waals surface area contributed by atoms with E-state index in [4.69, 9.17) is 15.1 Å². The third-order valence-electron chi connectivity index (χ3n) is 4.96. The van der Waals surface area contributed by atoms with Gasteiger partial charge in [0.25, 0.3) is 0 Å². The molecule has 4 rings (SSSR count). The first-order valence-corrected chi connectivity index (χ1v) is 8.69. The molecule has 0 amide bonds. The van der Waals surface area contributed by atoms with E-state index in [1.165, 1.54) is 25.7 Å². The highest BCUT2D eigenvalue weighted by Gasteiger charge is 2.24. The van der Waals surface area contributed by atoms with Crippen LogP contribution in [0.25, 0.3) is 22.2 Å². The number of methoxy groups -OCH3 is 1. The molecule has 1 fully saturated rings. The van der Waals surface area contributed by atoms with E-state index in [9.17, 15) is 0 Å². The summed E-state index contributed by atoms with van der Waals surface area (Å²) >= 11 is 0. The van der Waals surface area contributed by atoms with Crippen LogP contribution in [-0.2, 0) is 6.42 Å². The SMILES string of the molecule is COc1nccc2c1c(-c1ccc(CC#N)cc1)nn2C1CCCC1. The highest BCUT2D eigenvalue weighted by molar-refractivity contribution is 5.97. The maximum absolute atomic E-state index is 8.85. The van der Waals surface area contributed by atoms with E-state index in [1.807, 2.05) is 30.3 Å². The van der Waals surface area contributed by atoms with Crippen molar-refractivity contribution in [3.8, 4) is 23.2 Å². The van der Waals surface area contributed by atoms with Crippen molar-refractivity contribution in [3.63, 3.8) is 0 Å². The zero-order valence-electron chi connectivity index (χ0n) is 14.3. The second-order valence-electron chi connectivity index (χ2n) is 6.48. The van der Waals surface area contributed by atoms with Gasteiger partial charge in [-0.05, 0) is 24.5 Å². The molecule has 0 radical (unpaired) electrons. The summed E-state index contributed by atoms with van der Waals surface area (Å²) in [5.41, 5.74) is 4.01. The van der Waals surface area contributed by atoms with Crippen molar-refractivity contribution in [2.45, 2.75) is 38.1 Å². The van der Waals surface area contributed by atoms with Crippen molar-refractivity contribution >= 4 is 10.9 Å². The van der Waals surface area contributed by atoms with Crippen molar-refractivity contribution in [1.82, 2.24) is 14.8 Å². The molecule has 0 saturated heterocycles. The summed E-state index contributed by atoms with van der Waals surface area (Å²) < 4.78 is 7.68. The lowest BCUT2D eigenvalue weighted by Crippen LogP contribution is -2.06. The fourth-order valence-corrected chi connectivity index (χ4v) is 3.71. The molecule has 3 aromatic rings. The molecule has 0 spiro atoms. The van der Waals surface area contributed by atoms with Crippen LogP contribution >= 0.6 is 0 Å². The second-order valence-corrected chi connectivity index (χ2v) is 6.48. The highest BCUT2D eigenvalue weighted by atomic mass is 16.5. The number of fused-ring (bicyclic) bond motifs is 1. The Morgan fingerprint density at radius 2 is 1.96 bits per heavy atom. The van der Waals surface area contributed by atoms with Gasteiger partial charge >= 0.3 is 0 Å². The lowest BCUT2D eigenvalue weighted by atomic mass is 10.1. The molecule has 126 valence electrons. The number of aromatic nitrogens is 3. The van der Waals surface area contributed by atoms with Crippen LogP contribution < -0.4 is 4.74 Å². The summed E-state index contributed by atoms with van der Waals surface area (Å²) in [6.07, 6.45) is 7.05. The van der Waals surface area contributed by atoms with Crippen LogP contribution in [-0.4, -0.2) is 21.9 Å². The normalized spacial score (nSPS) is 14.7. The standard InChI is InChI=1S/C20H20N4O/c1-25-20-18-17(11-13-22-20)24(16-4-2-3-5-16)23-19(18)15-8-6-14(7-9-15)10-12-21/h6-9,11,13,16H,2-5,10H2,1H3. The molecule has 1 aliphatic rings. The van der Waals surface area contributed by atoms with Crippen LogP contribution in [0.2, 0.25) is 0 Å². The van der Waals surface area contributed by atoms with Crippen LogP contribution in [0.1, 0.15) is 37.3 Å². The minimum atomic E-state index is 0.419. The Balaban J connectivity index is 1.88. The predicted molar refractivity (Wildman–Crippen MR) is 96.3 cm³/mol. The number of hydrogen-bond acceptors (Lipinski definition) is 4. The second kappa shape index (κ2) is 6.56. The zero-order chi connectivity index (χ0) is 17.2. The third-order valence-corrected chi connectivity index (χ3v) is 4.96. The van der Waals surface area contributed by atoms with Gasteiger partial charge in [-0.1, -0.05) is 37.1 Å². The van der Waals surface area contributed by atoms with E-state index < -0.39 is 0 Å². The summed E-state index contributed by atoms with van der Waals surface area (Å²) in [6, 6.07) is 12.7. The molecule has 1 aliphatic carbocycles. The molecule has 1 saturated carbocycles. The fraction of sp³-hybridized carbons (Fsp3) is 0.350. The fourth-order valence-electron chi connectivity index (χ4n) is 3.71. The molecule has 5 heteroatoms. The maximum Gasteiger partial charge on any atom is 0.224 e. The van der Waals surface area contributed by atoms with Gasteiger partial charge in [0.05, 0.1) is 36.5 Å². The Kier molecular flexibility index (Phi) is 4.10. The molecule has 0 bridgehead atoms. The largest absolute Gasteiger partial charge is 0.480 e. The van der Waals surface area contributed by atoms with E-state index in [0.29, 0.717) is 18.3 Å². The Bertz CT molecular complexity index is 931. The number of benzene rings is 1. The summed E-state index contributed by atoms with van der Waals surface area (Å²) in [5, 5.41) is 14.8. The predicted octanol–water partition coefficient (Wildman–Crippen LogP) is 4.29. The number of nitriles is 1. The molecule has 2 heterocycles.